The molecule has 0 saturated carbocycles. The lowest BCUT2D eigenvalue weighted by Gasteiger charge is -2.08. The molecular weight excluding hydrogens is 266 g/mol. The van der Waals surface area contributed by atoms with Crippen molar-refractivity contribution in [2.45, 2.75) is 0 Å². The summed E-state index contributed by atoms with van der Waals surface area (Å²) in [5.74, 6) is 1.02. The molecule has 1 aromatic heterocycles. The third-order valence-corrected chi connectivity index (χ3v) is 3.11. The van der Waals surface area contributed by atoms with Crippen LogP contribution in [0, 0.1) is 0 Å². The second-order valence-electron chi connectivity index (χ2n) is 4.44. The Labute approximate surface area is 122 Å². The van der Waals surface area contributed by atoms with Crippen molar-refractivity contribution in [2.75, 3.05) is 7.11 Å². The van der Waals surface area contributed by atoms with Gasteiger partial charge in [-0.2, -0.15) is 0 Å². The van der Waals surface area contributed by atoms with E-state index in [4.69, 9.17) is 4.74 Å². The van der Waals surface area contributed by atoms with Gasteiger partial charge in [-0.05, 0) is 42.5 Å². The molecule has 0 unspecified atom stereocenters. The lowest BCUT2D eigenvalue weighted by molar-refractivity contribution is 0.0600. The lowest BCUT2D eigenvalue weighted by Crippen LogP contribution is -2.00. The number of benzene rings is 2. The van der Waals surface area contributed by atoms with Crippen molar-refractivity contribution in [3.8, 4) is 11.5 Å². The summed E-state index contributed by atoms with van der Waals surface area (Å²) in [5.41, 5.74) is 1.37. The number of esters is 1. The summed E-state index contributed by atoms with van der Waals surface area (Å²) in [6, 6.07) is 16.4. The number of carbonyl (C=O) groups is 1. The zero-order chi connectivity index (χ0) is 14.7. The third-order valence-electron chi connectivity index (χ3n) is 3.11. The SMILES string of the molecule is COC(=O)c1ccc(Oc2ccnc3ccccc23)cc1. The van der Waals surface area contributed by atoms with E-state index in [-0.39, 0.29) is 5.97 Å². The van der Waals surface area contributed by atoms with Gasteiger partial charge in [-0.15, -0.1) is 0 Å². The number of carbonyl (C=O) groups excluding carboxylic acids is 1. The summed E-state index contributed by atoms with van der Waals surface area (Å²) in [4.78, 5) is 15.7. The van der Waals surface area contributed by atoms with Gasteiger partial charge in [-0.3, -0.25) is 4.98 Å². The molecular formula is C17H13NO3. The normalized spacial score (nSPS) is 10.3. The van der Waals surface area contributed by atoms with Gasteiger partial charge in [0, 0.05) is 11.6 Å². The highest BCUT2D eigenvalue weighted by molar-refractivity contribution is 5.89. The number of hydrogen-bond donors (Lipinski definition) is 0. The molecule has 0 bridgehead atoms. The maximum Gasteiger partial charge on any atom is 0.337 e. The highest BCUT2D eigenvalue weighted by Gasteiger charge is 2.07. The molecule has 0 aliphatic rings. The second kappa shape index (κ2) is 5.63. The van der Waals surface area contributed by atoms with Gasteiger partial charge in [0.15, 0.2) is 0 Å². The fourth-order valence-corrected chi connectivity index (χ4v) is 2.06. The molecule has 2 aromatic carbocycles. The molecule has 4 nitrogen and oxygen atoms in total. The van der Waals surface area contributed by atoms with Crippen molar-refractivity contribution < 1.29 is 14.3 Å². The maximum atomic E-state index is 11.4. The Hall–Kier alpha value is -2.88. The molecule has 0 aliphatic carbocycles. The number of rotatable bonds is 3. The Balaban J connectivity index is 1.90. The summed E-state index contributed by atoms with van der Waals surface area (Å²) in [5, 5.41) is 0.942. The zero-order valence-electron chi connectivity index (χ0n) is 11.4. The van der Waals surface area contributed by atoms with Gasteiger partial charge in [0.1, 0.15) is 11.5 Å². The third kappa shape index (κ3) is 2.69. The predicted octanol–water partition coefficient (Wildman–Crippen LogP) is 3.81. The van der Waals surface area contributed by atoms with Crippen LogP contribution < -0.4 is 4.74 Å². The minimum absolute atomic E-state index is 0.365. The number of hydrogen-bond acceptors (Lipinski definition) is 4. The van der Waals surface area contributed by atoms with Gasteiger partial charge in [-0.25, -0.2) is 4.79 Å². The molecule has 21 heavy (non-hydrogen) atoms. The Morgan fingerprint density at radius 2 is 1.76 bits per heavy atom. The van der Waals surface area contributed by atoms with E-state index in [9.17, 15) is 4.79 Å². The fraction of sp³-hybridized carbons (Fsp3) is 0.0588. The van der Waals surface area contributed by atoms with Crippen LogP contribution in [0.3, 0.4) is 0 Å². The van der Waals surface area contributed by atoms with E-state index in [0.29, 0.717) is 11.3 Å². The lowest BCUT2D eigenvalue weighted by atomic mass is 10.2. The average molecular weight is 279 g/mol. The van der Waals surface area contributed by atoms with E-state index in [1.54, 1.807) is 30.5 Å². The summed E-state index contributed by atoms with van der Waals surface area (Å²) < 4.78 is 10.5. The second-order valence-corrected chi connectivity index (χ2v) is 4.44. The van der Waals surface area contributed by atoms with Crippen molar-refractivity contribution in [2.24, 2.45) is 0 Å². The quantitative estimate of drug-likeness (QED) is 0.684. The van der Waals surface area contributed by atoms with Crippen LogP contribution in [0.15, 0.2) is 60.8 Å². The molecule has 0 amide bonds. The summed E-state index contributed by atoms with van der Waals surface area (Å²) >= 11 is 0. The number of methoxy groups -OCH3 is 1. The van der Waals surface area contributed by atoms with Crippen molar-refractivity contribution >= 4 is 16.9 Å². The molecule has 1 heterocycles. The zero-order valence-corrected chi connectivity index (χ0v) is 11.4. The first-order valence-corrected chi connectivity index (χ1v) is 6.48. The Morgan fingerprint density at radius 1 is 1.00 bits per heavy atom. The van der Waals surface area contributed by atoms with Crippen LogP contribution in [-0.4, -0.2) is 18.1 Å². The molecule has 0 aliphatic heterocycles. The minimum Gasteiger partial charge on any atom is -0.465 e. The Bertz CT molecular complexity index is 776. The maximum absolute atomic E-state index is 11.4. The van der Waals surface area contributed by atoms with Crippen molar-refractivity contribution in [1.82, 2.24) is 4.98 Å². The first kappa shape index (κ1) is 13.1. The highest BCUT2D eigenvalue weighted by Crippen LogP contribution is 2.28. The first-order valence-electron chi connectivity index (χ1n) is 6.48. The van der Waals surface area contributed by atoms with E-state index in [2.05, 4.69) is 9.72 Å². The minimum atomic E-state index is -0.365. The summed E-state index contributed by atoms with van der Waals surface area (Å²) in [6.07, 6.45) is 1.71. The number of nitrogens with zero attached hydrogens (tertiary/aromatic N) is 1. The van der Waals surface area contributed by atoms with Gasteiger partial charge in [0.05, 0.1) is 18.2 Å². The molecule has 0 saturated heterocycles. The largest absolute Gasteiger partial charge is 0.465 e. The van der Waals surface area contributed by atoms with Crippen molar-refractivity contribution in [3.63, 3.8) is 0 Å². The van der Waals surface area contributed by atoms with Gasteiger partial charge in [-0.1, -0.05) is 12.1 Å². The molecule has 0 radical (unpaired) electrons. The summed E-state index contributed by atoms with van der Waals surface area (Å²) in [7, 11) is 1.36. The van der Waals surface area contributed by atoms with Crippen LogP contribution in [0.4, 0.5) is 0 Å². The smallest absolute Gasteiger partial charge is 0.337 e. The van der Waals surface area contributed by atoms with E-state index >= 15 is 0 Å². The van der Waals surface area contributed by atoms with Crippen molar-refractivity contribution in [1.29, 1.82) is 0 Å². The van der Waals surface area contributed by atoms with E-state index < -0.39 is 0 Å². The van der Waals surface area contributed by atoms with Crippen molar-refractivity contribution in [3.05, 3.63) is 66.4 Å². The number of fused-ring (bicyclic) bond motifs is 1. The van der Waals surface area contributed by atoms with E-state index in [0.717, 1.165) is 16.7 Å². The molecule has 0 atom stereocenters. The highest BCUT2D eigenvalue weighted by atomic mass is 16.5. The molecule has 3 aromatic rings. The van der Waals surface area contributed by atoms with Crippen LogP contribution in [0.1, 0.15) is 10.4 Å². The van der Waals surface area contributed by atoms with Gasteiger partial charge in [0.25, 0.3) is 0 Å². The van der Waals surface area contributed by atoms with Crippen LogP contribution in [0.5, 0.6) is 11.5 Å². The van der Waals surface area contributed by atoms with Crippen LogP contribution in [-0.2, 0) is 4.74 Å². The number of aromatic nitrogens is 1. The van der Waals surface area contributed by atoms with Gasteiger partial charge in [0.2, 0.25) is 0 Å². The molecule has 4 heteroatoms. The topological polar surface area (TPSA) is 48.4 Å². The first-order chi connectivity index (χ1) is 10.3. The molecule has 104 valence electrons. The van der Waals surface area contributed by atoms with E-state index in [1.807, 2.05) is 30.3 Å². The van der Waals surface area contributed by atoms with Crippen LogP contribution in [0.25, 0.3) is 10.9 Å². The van der Waals surface area contributed by atoms with Crippen LogP contribution in [0.2, 0.25) is 0 Å². The summed E-state index contributed by atoms with van der Waals surface area (Å²) in [6.45, 7) is 0. The Kier molecular flexibility index (Phi) is 3.51. The van der Waals surface area contributed by atoms with Crippen LogP contribution >= 0.6 is 0 Å². The average Bonchev–Trinajstić information content (AvgIpc) is 2.55. The number of ether oxygens (including phenoxy) is 2. The standard InChI is InChI=1S/C17H13NO3/c1-20-17(19)12-6-8-13(9-7-12)21-16-10-11-18-15-5-3-2-4-14(15)16/h2-11H,1H3. The molecule has 0 fully saturated rings. The van der Waals surface area contributed by atoms with Gasteiger partial charge >= 0.3 is 5.97 Å². The molecule has 0 spiro atoms. The monoisotopic (exact) mass is 279 g/mol. The number of pyridine rings is 1. The predicted molar refractivity (Wildman–Crippen MR) is 79.6 cm³/mol. The van der Waals surface area contributed by atoms with Gasteiger partial charge < -0.3 is 9.47 Å². The molecule has 3 rings (SSSR count). The van der Waals surface area contributed by atoms with E-state index in [1.165, 1.54) is 7.11 Å². The Morgan fingerprint density at radius 3 is 2.52 bits per heavy atom. The fourth-order valence-electron chi connectivity index (χ4n) is 2.06. The molecule has 0 N–H and O–H groups in total. The number of para-hydroxylation sites is 1.